The van der Waals surface area contributed by atoms with Crippen LogP contribution in [0.25, 0.3) is 0 Å². The number of nitrogens with one attached hydrogen (secondary N) is 3. The van der Waals surface area contributed by atoms with Crippen LogP contribution < -0.4 is 16.4 Å². The Bertz CT molecular complexity index is 1210. The number of primary amides is 1. The number of H-pyrrole nitrogens is 1. The smallest absolute Gasteiger partial charge is 0.402 e. The zero-order valence-electron chi connectivity index (χ0n) is 18.4. The van der Waals surface area contributed by atoms with Crippen LogP contribution >= 0.6 is 23.5 Å². The first kappa shape index (κ1) is 28.5. The van der Waals surface area contributed by atoms with Crippen molar-refractivity contribution in [2.45, 2.75) is 34.4 Å². The molecule has 0 spiro atoms. The van der Waals surface area contributed by atoms with Crippen LogP contribution in [0.5, 0.6) is 0 Å². The Labute approximate surface area is 214 Å². The molecule has 2 unspecified atom stereocenters. The van der Waals surface area contributed by atoms with Gasteiger partial charge in [0.05, 0.1) is 0 Å². The number of carboxylic acid groups (broad SMARTS) is 1. The molecule has 0 aliphatic carbocycles. The molecule has 3 rings (SSSR count). The van der Waals surface area contributed by atoms with Crippen molar-refractivity contribution in [2.24, 2.45) is 5.73 Å². The van der Waals surface area contributed by atoms with Crippen molar-refractivity contribution in [1.29, 1.82) is 0 Å². The summed E-state index contributed by atoms with van der Waals surface area (Å²) >= 11 is 2.07. The second kappa shape index (κ2) is 11.1. The number of fused-ring (bicyclic) bond motifs is 1. The van der Waals surface area contributed by atoms with Gasteiger partial charge in [-0.25, -0.2) is 18.0 Å². The van der Waals surface area contributed by atoms with Crippen molar-refractivity contribution >= 4 is 57.2 Å². The molecule has 37 heavy (non-hydrogen) atoms. The Kier molecular flexibility index (Phi) is 8.57. The molecule has 0 bridgehead atoms. The van der Waals surface area contributed by atoms with Gasteiger partial charge in [-0.3, -0.25) is 14.5 Å². The first-order chi connectivity index (χ1) is 17.2. The lowest BCUT2D eigenvalue weighted by Gasteiger charge is -2.50. The Morgan fingerprint density at radius 2 is 2.05 bits per heavy atom. The van der Waals surface area contributed by atoms with Crippen LogP contribution in [0.4, 0.5) is 18.0 Å². The molecule has 204 valence electrons. The van der Waals surface area contributed by atoms with Gasteiger partial charge in [0, 0.05) is 17.5 Å². The van der Waals surface area contributed by atoms with E-state index in [0.717, 1.165) is 28.4 Å². The zero-order valence-corrected chi connectivity index (χ0v) is 20.8. The van der Waals surface area contributed by atoms with E-state index in [-0.39, 0.29) is 35.1 Å². The zero-order chi connectivity index (χ0) is 27.5. The van der Waals surface area contributed by atoms with Crippen LogP contribution in [0.2, 0.25) is 0 Å². The summed E-state index contributed by atoms with van der Waals surface area (Å²) in [6.45, 7) is 0.0500. The number of hydrogen-bond acceptors (Lipinski definition) is 11. The monoisotopic (exact) mass is 588 g/mol. The van der Waals surface area contributed by atoms with E-state index in [0.29, 0.717) is 0 Å². The lowest BCUT2D eigenvalue weighted by Crippen LogP contribution is -2.71. The second-order valence-corrected chi connectivity index (χ2v) is 12.0. The molecule has 4 amide bonds. The average molecular weight is 589 g/mol. The Morgan fingerprint density at radius 3 is 2.62 bits per heavy atom. The number of nitrogens with two attached hydrogens (primary N) is 1. The summed E-state index contributed by atoms with van der Waals surface area (Å²) in [6.07, 6.45) is -4.87. The number of amides is 4. The van der Waals surface area contributed by atoms with Crippen LogP contribution in [0.1, 0.15) is 6.42 Å². The third-order valence-corrected chi connectivity index (χ3v) is 8.88. The van der Waals surface area contributed by atoms with Crippen LogP contribution in [0, 0.1) is 0 Å². The summed E-state index contributed by atoms with van der Waals surface area (Å²) in [5.41, 5.74) is 4.97. The third-order valence-electron chi connectivity index (χ3n) is 4.92. The van der Waals surface area contributed by atoms with Gasteiger partial charge in [-0.15, -0.1) is 22.0 Å². The SMILES string of the molecule is NC(=O)NCCC(Sc1nn[nH]n1)C1=C(C(=O)O)N2C(=O)C(NC(=O)CS(=O)(=O)CC(F)(F)F)[C@@H]2SC1. The number of carboxylic acids is 1. The number of carbonyl (C=O) groups excluding carboxylic acids is 3. The van der Waals surface area contributed by atoms with Gasteiger partial charge in [0.15, 0.2) is 9.84 Å². The number of halogens is 3. The standard InChI is InChI=1S/C16H19F3N8O7S3/c17-16(18,19)5-37(33,34)4-8(28)22-9-11(29)27-10(13(30)31)6(3-35-12(9)27)7(1-2-21-14(20)32)36-15-23-25-26-24-15/h7,9,12H,1-5H2,(H,22,28)(H,30,31)(H3,20,21,32)(H,23,24,25,26)/t7?,9?,12-/m0/s1. The minimum atomic E-state index is -5.04. The van der Waals surface area contributed by atoms with Gasteiger partial charge in [0.1, 0.15) is 28.6 Å². The number of sulfone groups is 1. The van der Waals surface area contributed by atoms with Crippen molar-refractivity contribution in [3.8, 4) is 0 Å². The first-order valence-corrected chi connectivity index (χ1v) is 13.8. The second-order valence-electron chi connectivity index (χ2n) is 7.66. The van der Waals surface area contributed by atoms with E-state index in [4.69, 9.17) is 5.73 Å². The van der Waals surface area contributed by atoms with E-state index < -0.39 is 68.0 Å². The van der Waals surface area contributed by atoms with Crippen LogP contribution in [-0.4, -0.2) is 110 Å². The predicted molar refractivity (Wildman–Crippen MR) is 120 cm³/mol. The lowest BCUT2D eigenvalue weighted by molar-refractivity contribution is -0.150. The molecule has 0 aromatic carbocycles. The molecular formula is C16H19F3N8O7S3. The molecule has 6 N–H and O–H groups in total. The van der Waals surface area contributed by atoms with Crippen molar-refractivity contribution in [1.82, 2.24) is 36.2 Å². The summed E-state index contributed by atoms with van der Waals surface area (Å²) < 4.78 is 60.4. The minimum Gasteiger partial charge on any atom is -0.477 e. The molecule has 3 atom stereocenters. The van der Waals surface area contributed by atoms with E-state index in [1.165, 1.54) is 0 Å². The maximum Gasteiger partial charge on any atom is 0.402 e. The molecule has 3 heterocycles. The summed E-state index contributed by atoms with van der Waals surface area (Å²) in [6, 6.07) is -2.14. The van der Waals surface area contributed by atoms with Crippen LogP contribution in [-0.2, 0) is 24.2 Å². The van der Waals surface area contributed by atoms with Gasteiger partial charge in [-0.2, -0.15) is 18.4 Å². The highest BCUT2D eigenvalue weighted by Gasteiger charge is 2.55. The topological polar surface area (TPSA) is 230 Å². The van der Waals surface area contributed by atoms with Gasteiger partial charge < -0.3 is 21.5 Å². The average Bonchev–Trinajstić information content (AvgIpc) is 3.26. The number of β-lactam (4-membered cyclic amide) rings is 1. The van der Waals surface area contributed by atoms with Gasteiger partial charge >= 0.3 is 18.2 Å². The quantitative estimate of drug-likeness (QED) is 0.146. The number of urea groups is 1. The molecular weight excluding hydrogens is 569 g/mol. The van der Waals surface area contributed by atoms with Gasteiger partial charge in [-0.05, 0) is 17.2 Å². The molecule has 2 aliphatic heterocycles. The maximum atomic E-state index is 12.8. The number of alkyl halides is 3. The van der Waals surface area contributed by atoms with Crippen LogP contribution in [0.3, 0.4) is 0 Å². The van der Waals surface area contributed by atoms with E-state index in [2.05, 4.69) is 31.3 Å². The normalized spacial score (nSPS) is 20.6. The third kappa shape index (κ3) is 7.25. The van der Waals surface area contributed by atoms with E-state index in [1.807, 2.05) is 0 Å². The van der Waals surface area contributed by atoms with Gasteiger partial charge in [0.2, 0.25) is 11.1 Å². The maximum absolute atomic E-state index is 12.8. The highest BCUT2D eigenvalue weighted by Crippen LogP contribution is 2.44. The summed E-state index contributed by atoms with van der Waals surface area (Å²) in [4.78, 5) is 49.0. The fourth-order valence-electron chi connectivity index (χ4n) is 3.57. The van der Waals surface area contributed by atoms with Gasteiger partial charge in [-0.1, -0.05) is 11.8 Å². The fraction of sp³-hybridized carbons (Fsp3) is 0.562. The number of carbonyl (C=O) groups is 4. The van der Waals surface area contributed by atoms with Crippen molar-refractivity contribution in [3.63, 3.8) is 0 Å². The molecule has 1 fully saturated rings. The summed E-state index contributed by atoms with van der Waals surface area (Å²) in [5, 5.41) is 26.2. The number of aromatic nitrogens is 4. The van der Waals surface area contributed by atoms with E-state index >= 15 is 0 Å². The number of nitrogens with zero attached hydrogens (tertiary/aromatic N) is 4. The summed E-state index contributed by atoms with van der Waals surface area (Å²) in [5.74, 6) is -7.31. The number of hydrogen-bond donors (Lipinski definition) is 5. The molecule has 1 saturated heterocycles. The number of thioether (sulfide) groups is 2. The molecule has 0 radical (unpaired) electrons. The predicted octanol–water partition coefficient (Wildman–Crippen LogP) is -1.57. The molecule has 21 heteroatoms. The molecule has 2 aliphatic rings. The lowest BCUT2D eigenvalue weighted by atomic mass is 10.0. The number of rotatable bonds is 11. The summed E-state index contributed by atoms with van der Waals surface area (Å²) in [7, 11) is -4.83. The van der Waals surface area contributed by atoms with Crippen LogP contribution in [0.15, 0.2) is 16.4 Å². The van der Waals surface area contributed by atoms with Gasteiger partial charge in [0.25, 0.3) is 5.91 Å². The molecule has 1 aromatic heterocycles. The number of aromatic amines is 1. The first-order valence-electron chi connectivity index (χ1n) is 10.1. The highest BCUT2D eigenvalue weighted by atomic mass is 32.2. The molecule has 15 nitrogen and oxygen atoms in total. The highest BCUT2D eigenvalue weighted by molar-refractivity contribution is 8.01. The number of aliphatic carboxylic acids is 1. The Balaban J connectivity index is 1.78. The fourth-order valence-corrected chi connectivity index (χ4v) is 7.19. The van der Waals surface area contributed by atoms with E-state index in [9.17, 15) is 45.9 Å². The van der Waals surface area contributed by atoms with Crippen molar-refractivity contribution in [2.75, 3.05) is 23.8 Å². The molecule has 0 saturated carbocycles. The molecule has 1 aromatic rings. The van der Waals surface area contributed by atoms with E-state index in [1.54, 1.807) is 0 Å². The van der Waals surface area contributed by atoms with Crippen molar-refractivity contribution < 1.29 is 45.9 Å². The minimum absolute atomic E-state index is 0.0426. The number of tetrazole rings is 1. The Morgan fingerprint density at radius 1 is 1.35 bits per heavy atom. The van der Waals surface area contributed by atoms with Crippen molar-refractivity contribution in [3.05, 3.63) is 11.3 Å². The largest absolute Gasteiger partial charge is 0.477 e. The Hall–Kier alpha value is -3.07.